The highest BCUT2D eigenvalue weighted by molar-refractivity contribution is 5.68. The second-order valence-corrected chi connectivity index (χ2v) is 2.73. The van der Waals surface area contributed by atoms with E-state index >= 15 is 0 Å². The first-order chi connectivity index (χ1) is 6.13. The Hall–Kier alpha value is -1.73. The summed E-state index contributed by atoms with van der Waals surface area (Å²) in [7, 11) is 0. The molecule has 4 N–H and O–H groups in total. The second kappa shape index (κ2) is 3.78. The molecule has 0 spiro atoms. The lowest BCUT2D eigenvalue weighted by Crippen LogP contribution is -2.14. The van der Waals surface area contributed by atoms with E-state index in [2.05, 4.69) is 5.32 Å². The summed E-state index contributed by atoms with van der Waals surface area (Å²) < 4.78 is 0. The Morgan fingerprint density at radius 1 is 1.62 bits per heavy atom. The molecule has 0 bridgehead atoms. The van der Waals surface area contributed by atoms with E-state index in [0.717, 1.165) is 0 Å². The summed E-state index contributed by atoms with van der Waals surface area (Å²) in [4.78, 5) is 0. The van der Waals surface area contributed by atoms with Crippen LogP contribution in [0.1, 0.15) is 12.5 Å². The van der Waals surface area contributed by atoms with Gasteiger partial charge in [-0.25, -0.2) is 0 Å². The van der Waals surface area contributed by atoms with Crippen molar-refractivity contribution in [3.05, 3.63) is 23.8 Å². The molecule has 13 heavy (non-hydrogen) atoms. The van der Waals surface area contributed by atoms with E-state index in [4.69, 9.17) is 16.1 Å². The fourth-order valence-corrected chi connectivity index (χ4v) is 0.989. The van der Waals surface area contributed by atoms with Gasteiger partial charge in [0, 0.05) is 0 Å². The third-order valence-electron chi connectivity index (χ3n) is 1.55. The third-order valence-corrected chi connectivity index (χ3v) is 1.55. The number of benzene rings is 1. The molecule has 0 aliphatic carbocycles. The number of rotatable bonds is 2. The number of nitrogen functional groups attached to an aromatic ring is 1. The molecule has 0 fully saturated rings. The van der Waals surface area contributed by atoms with Crippen molar-refractivity contribution in [2.24, 2.45) is 0 Å². The van der Waals surface area contributed by atoms with Crippen molar-refractivity contribution in [2.45, 2.75) is 13.2 Å². The van der Waals surface area contributed by atoms with E-state index in [1.165, 1.54) is 0 Å². The van der Waals surface area contributed by atoms with Gasteiger partial charge in [-0.2, -0.15) is 5.26 Å². The first-order valence-electron chi connectivity index (χ1n) is 3.87. The van der Waals surface area contributed by atoms with Gasteiger partial charge in [0.25, 0.3) is 0 Å². The molecule has 0 saturated carbocycles. The number of nitrogens with zero attached hydrogens (tertiary/aromatic N) is 1. The molecule has 4 nitrogen and oxygen atoms in total. The smallest absolute Gasteiger partial charge is 0.121 e. The molecular formula is C9H11N3O. The van der Waals surface area contributed by atoms with Crippen LogP contribution in [0.2, 0.25) is 0 Å². The summed E-state index contributed by atoms with van der Waals surface area (Å²) in [6, 6.07) is 6.85. The Bertz CT molecular complexity index is 341. The minimum Gasteiger partial charge on any atom is -0.397 e. The first-order valence-corrected chi connectivity index (χ1v) is 3.87. The van der Waals surface area contributed by atoms with Crippen LogP contribution in [0, 0.1) is 11.3 Å². The quantitative estimate of drug-likeness (QED) is 0.463. The van der Waals surface area contributed by atoms with E-state index in [-0.39, 0.29) is 0 Å². The predicted molar refractivity (Wildman–Crippen MR) is 50.9 cm³/mol. The second-order valence-electron chi connectivity index (χ2n) is 2.73. The Balaban J connectivity index is 2.93. The Morgan fingerprint density at radius 3 is 2.77 bits per heavy atom. The zero-order chi connectivity index (χ0) is 9.84. The lowest BCUT2D eigenvalue weighted by Gasteiger charge is -2.11. The Morgan fingerprint density at radius 2 is 2.31 bits per heavy atom. The fourth-order valence-electron chi connectivity index (χ4n) is 0.989. The average Bonchev–Trinajstić information content (AvgIpc) is 2.08. The third kappa shape index (κ3) is 2.36. The van der Waals surface area contributed by atoms with Gasteiger partial charge in [-0.05, 0) is 25.1 Å². The van der Waals surface area contributed by atoms with Crippen LogP contribution >= 0.6 is 0 Å². The number of hydrogen-bond donors (Lipinski definition) is 3. The van der Waals surface area contributed by atoms with Crippen LogP contribution in [0.3, 0.4) is 0 Å². The molecule has 4 heteroatoms. The van der Waals surface area contributed by atoms with Gasteiger partial charge in [-0.1, -0.05) is 0 Å². The lowest BCUT2D eigenvalue weighted by atomic mass is 10.2. The van der Waals surface area contributed by atoms with Gasteiger partial charge in [0.15, 0.2) is 0 Å². The van der Waals surface area contributed by atoms with Crippen molar-refractivity contribution in [1.82, 2.24) is 0 Å². The maximum Gasteiger partial charge on any atom is 0.121 e. The van der Waals surface area contributed by atoms with Crippen molar-refractivity contribution in [2.75, 3.05) is 11.1 Å². The first kappa shape index (κ1) is 9.36. The van der Waals surface area contributed by atoms with Gasteiger partial charge in [0.05, 0.1) is 23.0 Å². The van der Waals surface area contributed by atoms with E-state index < -0.39 is 6.23 Å². The molecule has 0 amide bonds. The topological polar surface area (TPSA) is 82.1 Å². The largest absolute Gasteiger partial charge is 0.397 e. The minimum absolute atomic E-state index is 0.458. The molecular weight excluding hydrogens is 166 g/mol. The molecule has 1 unspecified atom stereocenters. The summed E-state index contributed by atoms with van der Waals surface area (Å²) in [6.07, 6.45) is -0.657. The standard InChI is InChI=1S/C9H11N3O/c1-6(13)12-9-3-2-7(5-10)4-8(9)11/h2-4,6,12-13H,11H2,1H3. The SMILES string of the molecule is CC(O)Nc1ccc(C#N)cc1N. The lowest BCUT2D eigenvalue weighted by molar-refractivity contribution is 0.224. The zero-order valence-corrected chi connectivity index (χ0v) is 7.28. The van der Waals surface area contributed by atoms with Gasteiger partial charge in [-0.15, -0.1) is 0 Å². The van der Waals surface area contributed by atoms with Gasteiger partial charge in [0.2, 0.25) is 0 Å². The van der Waals surface area contributed by atoms with Gasteiger partial charge < -0.3 is 16.2 Å². The van der Waals surface area contributed by atoms with E-state index in [9.17, 15) is 0 Å². The molecule has 0 saturated heterocycles. The highest BCUT2D eigenvalue weighted by Gasteiger charge is 2.01. The maximum atomic E-state index is 9.03. The van der Waals surface area contributed by atoms with Gasteiger partial charge >= 0.3 is 0 Å². The average molecular weight is 177 g/mol. The Labute approximate surface area is 76.6 Å². The molecule has 1 atom stereocenters. The van der Waals surface area contributed by atoms with Crippen LogP contribution in [0.5, 0.6) is 0 Å². The summed E-state index contributed by atoms with van der Waals surface area (Å²) in [5, 5.41) is 20.3. The van der Waals surface area contributed by atoms with Crippen LogP contribution in [0.15, 0.2) is 18.2 Å². The monoisotopic (exact) mass is 177 g/mol. The van der Waals surface area contributed by atoms with Gasteiger partial charge in [0.1, 0.15) is 6.23 Å². The van der Waals surface area contributed by atoms with Gasteiger partial charge in [-0.3, -0.25) is 0 Å². The maximum absolute atomic E-state index is 9.03. The van der Waals surface area contributed by atoms with Crippen LogP contribution in [0.25, 0.3) is 0 Å². The number of anilines is 2. The van der Waals surface area contributed by atoms with Crippen molar-refractivity contribution in [1.29, 1.82) is 5.26 Å². The summed E-state index contributed by atoms with van der Waals surface area (Å²) in [5.41, 5.74) is 7.22. The van der Waals surface area contributed by atoms with Crippen LogP contribution in [0.4, 0.5) is 11.4 Å². The molecule has 68 valence electrons. The number of nitrogens with one attached hydrogen (secondary N) is 1. The molecule has 0 aliphatic heterocycles. The molecule has 1 aromatic rings. The predicted octanol–water partition coefficient (Wildman–Crippen LogP) is 0.891. The molecule has 0 radical (unpaired) electrons. The number of aliphatic hydroxyl groups is 1. The zero-order valence-electron chi connectivity index (χ0n) is 7.28. The van der Waals surface area contributed by atoms with Crippen molar-refractivity contribution in [3.63, 3.8) is 0 Å². The highest BCUT2D eigenvalue weighted by Crippen LogP contribution is 2.19. The highest BCUT2D eigenvalue weighted by atomic mass is 16.3. The molecule has 0 heterocycles. The van der Waals surface area contributed by atoms with Crippen LogP contribution in [-0.4, -0.2) is 11.3 Å². The van der Waals surface area contributed by atoms with Crippen LogP contribution < -0.4 is 11.1 Å². The number of nitriles is 1. The van der Waals surface area contributed by atoms with E-state index in [1.807, 2.05) is 6.07 Å². The van der Waals surface area contributed by atoms with E-state index in [1.54, 1.807) is 25.1 Å². The number of nitrogens with two attached hydrogens (primary N) is 1. The fraction of sp³-hybridized carbons (Fsp3) is 0.222. The van der Waals surface area contributed by atoms with Crippen LogP contribution in [-0.2, 0) is 0 Å². The number of aliphatic hydroxyl groups excluding tert-OH is 1. The van der Waals surface area contributed by atoms with Crippen molar-refractivity contribution < 1.29 is 5.11 Å². The van der Waals surface area contributed by atoms with E-state index in [0.29, 0.717) is 16.9 Å². The molecule has 0 aromatic heterocycles. The van der Waals surface area contributed by atoms with Crippen molar-refractivity contribution >= 4 is 11.4 Å². The molecule has 1 aromatic carbocycles. The summed E-state index contributed by atoms with van der Waals surface area (Å²) >= 11 is 0. The normalized spacial score (nSPS) is 11.8. The molecule has 0 aliphatic rings. The number of hydrogen-bond acceptors (Lipinski definition) is 4. The summed E-state index contributed by atoms with van der Waals surface area (Å²) in [5.74, 6) is 0. The van der Waals surface area contributed by atoms with Crippen molar-refractivity contribution in [3.8, 4) is 6.07 Å². The minimum atomic E-state index is -0.657. The Kier molecular flexibility index (Phi) is 2.72. The summed E-state index contributed by atoms with van der Waals surface area (Å²) in [6.45, 7) is 1.59. The molecule has 1 rings (SSSR count).